The third-order valence-corrected chi connectivity index (χ3v) is 1.05. The molecule has 2 nitrogen and oxygen atoms in total. The van der Waals surface area contributed by atoms with Crippen LogP contribution >= 0.6 is 21.2 Å². The number of rotatable bonds is 0. The highest BCUT2D eigenvalue weighted by molar-refractivity contribution is 7.32. The Hall–Kier alpha value is 0.640. The largest absolute Gasteiger partial charge is 0.233 e. The van der Waals surface area contributed by atoms with Gasteiger partial charge in [0.1, 0.15) is 0 Å². The molecule has 0 aliphatic carbocycles. The Labute approximate surface area is 44.4 Å². The lowest BCUT2D eigenvalue weighted by Crippen LogP contribution is -1.76. The molecule has 1 saturated heterocycles. The molecule has 0 aromatic rings. The van der Waals surface area contributed by atoms with E-state index in [0.717, 1.165) is 12.8 Å². The molecule has 6 heavy (non-hydrogen) atoms. The van der Waals surface area contributed by atoms with Crippen LogP contribution in [0, 0.1) is 0 Å². The summed E-state index contributed by atoms with van der Waals surface area (Å²) in [6.07, 6.45) is 1.08. The summed E-state index contributed by atoms with van der Waals surface area (Å²) in [5.41, 5.74) is 0. The van der Waals surface area contributed by atoms with Crippen molar-refractivity contribution in [3.8, 4) is 0 Å². The fraction of sp³-hybridized carbons (Fsp3) is 1.00. The van der Waals surface area contributed by atoms with E-state index in [0.29, 0.717) is 8.81 Å². The maximum absolute atomic E-state index is 4.47. The highest BCUT2D eigenvalue weighted by Crippen LogP contribution is 2.17. The van der Waals surface area contributed by atoms with Crippen LogP contribution in [0.4, 0.5) is 0 Å². The summed E-state index contributed by atoms with van der Waals surface area (Å²) in [6, 6.07) is 0. The van der Waals surface area contributed by atoms with E-state index < -0.39 is 0 Å². The van der Waals surface area contributed by atoms with E-state index in [1.807, 2.05) is 0 Å². The topological polar surface area (TPSA) is 18.5 Å². The molecule has 1 unspecified atom stereocenters. The molecule has 0 radical (unpaired) electrons. The van der Waals surface area contributed by atoms with Gasteiger partial charge in [0.2, 0.25) is 0 Å². The van der Waals surface area contributed by atoms with Crippen LogP contribution < -0.4 is 0 Å². The minimum Gasteiger partial charge on any atom is -0.233 e. The van der Waals surface area contributed by atoms with Crippen LogP contribution in [0.5, 0.6) is 0 Å². The normalized spacial score (nSPS) is 24.0. The van der Waals surface area contributed by atoms with E-state index in [9.17, 15) is 0 Å². The Morgan fingerprint density at radius 1 is 1.50 bits per heavy atom. The van der Waals surface area contributed by atoms with Crippen molar-refractivity contribution in [3.05, 3.63) is 0 Å². The summed E-state index contributed by atoms with van der Waals surface area (Å²) in [7, 11) is 0.586. The van der Waals surface area contributed by atoms with Gasteiger partial charge >= 0.3 is 0 Å². The van der Waals surface area contributed by atoms with Crippen LogP contribution in [0.25, 0.3) is 0 Å². The first-order valence-electron chi connectivity index (χ1n) is 1.51. The predicted octanol–water partition coefficient (Wildman–Crippen LogP) is 0.963. The predicted molar refractivity (Wildman–Crippen MR) is 27.5 cm³/mol. The zero-order valence-corrected chi connectivity index (χ0v) is 4.96. The third-order valence-electron chi connectivity index (χ3n) is 0.405. The van der Waals surface area contributed by atoms with Gasteiger partial charge in [0.15, 0.2) is 0 Å². The molecule has 0 saturated carbocycles. The van der Waals surface area contributed by atoms with Gasteiger partial charge in [0, 0.05) is 6.16 Å². The molecular weight excluding hydrogens is 122 g/mol. The number of hydrogen-bond donors (Lipinski definition) is 0. The molecule has 0 aromatic heterocycles. The fourth-order valence-corrected chi connectivity index (χ4v) is 0.625. The molecule has 1 rings (SSSR count). The van der Waals surface area contributed by atoms with Crippen molar-refractivity contribution >= 4 is 21.2 Å². The monoisotopic (exact) mass is 128 g/mol. The van der Waals surface area contributed by atoms with Crippen molar-refractivity contribution in [3.63, 3.8) is 0 Å². The quantitative estimate of drug-likeness (QED) is 0.357. The van der Waals surface area contributed by atoms with Gasteiger partial charge < -0.3 is 0 Å². The highest BCUT2D eigenvalue weighted by Gasteiger charge is 1.96. The van der Waals surface area contributed by atoms with E-state index in [4.69, 9.17) is 0 Å². The zero-order chi connectivity index (χ0) is 3.54. The second-order valence-corrected chi connectivity index (χ2v) is 1.75. The van der Waals surface area contributed by atoms with Crippen LogP contribution in [0.15, 0.2) is 0 Å². The Kier molecular flexibility index (Phi) is 4.22. The second kappa shape index (κ2) is 3.82. The Morgan fingerprint density at radius 2 is 2.33 bits per heavy atom. The van der Waals surface area contributed by atoms with E-state index in [1.165, 1.54) is 0 Å². The highest BCUT2D eigenvalue weighted by atomic mass is 35.5. The number of halogens is 1. The van der Waals surface area contributed by atoms with Gasteiger partial charge in [0.05, 0.1) is 15.4 Å². The Morgan fingerprint density at radius 3 is 2.50 bits per heavy atom. The van der Waals surface area contributed by atoms with Crippen LogP contribution in [0.1, 0.15) is 0 Å². The first kappa shape index (κ1) is 6.64. The van der Waals surface area contributed by atoms with Crippen molar-refractivity contribution in [1.29, 1.82) is 0 Å². The minimum atomic E-state index is 0. The fourth-order valence-electron chi connectivity index (χ4n) is 0.208. The van der Waals surface area contributed by atoms with Gasteiger partial charge in [-0.25, -0.2) is 9.56 Å². The molecule has 0 spiro atoms. The molecule has 0 bridgehead atoms. The first-order valence-corrected chi connectivity index (χ1v) is 2.63. The number of hydrogen-bond acceptors (Lipinski definition) is 2. The molecule has 1 aliphatic heterocycles. The molecule has 4 heteroatoms. The third kappa shape index (κ3) is 1.93. The van der Waals surface area contributed by atoms with Gasteiger partial charge in [-0.2, -0.15) is 0 Å². The van der Waals surface area contributed by atoms with Crippen molar-refractivity contribution in [2.45, 2.75) is 0 Å². The van der Waals surface area contributed by atoms with Crippen molar-refractivity contribution < 1.29 is 9.56 Å². The minimum absolute atomic E-state index is 0. The lowest BCUT2D eigenvalue weighted by atomic mass is 10.9. The van der Waals surface area contributed by atoms with Gasteiger partial charge in [-0.15, -0.1) is 12.4 Å². The summed E-state index contributed by atoms with van der Waals surface area (Å²) >= 11 is 0. The van der Waals surface area contributed by atoms with Gasteiger partial charge in [-0.3, -0.25) is 0 Å². The smallest absolute Gasteiger partial charge is 0.0884 e. The average molecular weight is 128 g/mol. The van der Waals surface area contributed by atoms with Crippen LogP contribution in [-0.4, -0.2) is 12.8 Å². The van der Waals surface area contributed by atoms with Crippen LogP contribution in [0.3, 0.4) is 0 Å². The van der Waals surface area contributed by atoms with E-state index in [2.05, 4.69) is 9.56 Å². The molecule has 1 aliphatic rings. The summed E-state index contributed by atoms with van der Waals surface area (Å²) < 4.78 is 4.47. The molecule has 1 fully saturated rings. The van der Waals surface area contributed by atoms with Gasteiger partial charge in [0.25, 0.3) is 0 Å². The summed E-state index contributed by atoms with van der Waals surface area (Å²) in [6.45, 7) is 0.790. The van der Waals surface area contributed by atoms with E-state index >= 15 is 0 Å². The summed E-state index contributed by atoms with van der Waals surface area (Å²) in [4.78, 5) is 4.46. The van der Waals surface area contributed by atoms with E-state index in [-0.39, 0.29) is 12.4 Å². The lowest BCUT2D eigenvalue weighted by molar-refractivity contribution is -0.172. The van der Waals surface area contributed by atoms with Crippen molar-refractivity contribution in [2.75, 3.05) is 12.8 Å². The molecule has 0 N–H and O–H groups in total. The summed E-state index contributed by atoms with van der Waals surface area (Å²) in [5, 5.41) is 0. The maximum Gasteiger partial charge on any atom is 0.0884 e. The van der Waals surface area contributed by atoms with Gasteiger partial charge in [-0.05, 0) is 0 Å². The molecule has 38 valence electrons. The van der Waals surface area contributed by atoms with Gasteiger partial charge in [-0.1, -0.05) is 0 Å². The molecule has 1 atom stereocenters. The maximum atomic E-state index is 4.47. The van der Waals surface area contributed by atoms with Crippen LogP contribution in [0.2, 0.25) is 0 Å². The van der Waals surface area contributed by atoms with E-state index in [1.54, 1.807) is 0 Å². The average Bonchev–Trinajstić information content (AvgIpc) is 1.76. The van der Waals surface area contributed by atoms with Crippen LogP contribution in [-0.2, 0) is 9.56 Å². The molecule has 0 aromatic carbocycles. The first-order chi connectivity index (χ1) is 2.50. The Balaban J connectivity index is 0.000000250. The Bertz CT molecular complexity index is 23.1. The standard InChI is InChI=1S/C2H5O2P.ClH/c1-2-5-4-3-1;/h5H,1-2H2;1H. The molecule has 0 amide bonds. The van der Waals surface area contributed by atoms with Crippen molar-refractivity contribution in [1.82, 2.24) is 0 Å². The summed E-state index contributed by atoms with van der Waals surface area (Å²) in [5.74, 6) is 0. The molecule has 1 heterocycles. The SMILES string of the molecule is C1CPOO1.Cl. The second-order valence-electron chi connectivity index (χ2n) is 0.800. The van der Waals surface area contributed by atoms with Crippen molar-refractivity contribution in [2.24, 2.45) is 0 Å². The lowest BCUT2D eigenvalue weighted by Gasteiger charge is -1.77. The molecular formula is C2H6ClO2P. The zero-order valence-electron chi connectivity index (χ0n) is 3.14.